The molecule has 1 N–H and O–H groups in total. The smallest absolute Gasteiger partial charge is 0.305 e. The summed E-state index contributed by atoms with van der Waals surface area (Å²) in [4.78, 5) is 24.8. The van der Waals surface area contributed by atoms with Crippen molar-refractivity contribution in [3.05, 3.63) is 0 Å². The van der Waals surface area contributed by atoms with Gasteiger partial charge in [0.15, 0.2) is 0 Å². The van der Waals surface area contributed by atoms with Gasteiger partial charge in [-0.2, -0.15) is 0 Å². The Morgan fingerprint density at radius 3 is 2.94 bits per heavy atom. The van der Waals surface area contributed by atoms with Gasteiger partial charge in [0.05, 0.1) is 12.6 Å². The SMILES string of the molecule is CCOC(=O)CCCCCN1CCNC(=O)[C@H]1C. The molecule has 1 amide bonds. The number of carbonyl (C=O) groups excluding carboxylic acids is 2. The minimum Gasteiger partial charge on any atom is -0.466 e. The molecule has 18 heavy (non-hydrogen) atoms. The van der Waals surface area contributed by atoms with Crippen molar-refractivity contribution in [2.24, 2.45) is 0 Å². The minimum absolute atomic E-state index is 0.0243. The number of unbranched alkanes of at least 4 members (excludes halogenated alkanes) is 2. The van der Waals surface area contributed by atoms with Gasteiger partial charge in [0.25, 0.3) is 0 Å². The molecule has 0 aromatic rings. The van der Waals surface area contributed by atoms with E-state index in [0.29, 0.717) is 13.0 Å². The average molecular weight is 256 g/mol. The third-order valence-electron chi connectivity index (χ3n) is 3.26. The van der Waals surface area contributed by atoms with Crippen molar-refractivity contribution in [1.82, 2.24) is 10.2 Å². The van der Waals surface area contributed by atoms with E-state index < -0.39 is 0 Å². The molecule has 1 atom stereocenters. The maximum Gasteiger partial charge on any atom is 0.305 e. The van der Waals surface area contributed by atoms with Gasteiger partial charge < -0.3 is 10.1 Å². The van der Waals surface area contributed by atoms with E-state index in [-0.39, 0.29) is 17.9 Å². The molecule has 1 heterocycles. The lowest BCUT2D eigenvalue weighted by atomic mass is 10.1. The van der Waals surface area contributed by atoms with Crippen molar-refractivity contribution >= 4 is 11.9 Å². The van der Waals surface area contributed by atoms with Crippen molar-refractivity contribution in [2.75, 3.05) is 26.2 Å². The summed E-state index contributed by atoms with van der Waals surface area (Å²) < 4.78 is 4.87. The summed E-state index contributed by atoms with van der Waals surface area (Å²) in [5, 5.41) is 2.85. The van der Waals surface area contributed by atoms with Gasteiger partial charge in [0.1, 0.15) is 0 Å². The lowest BCUT2D eigenvalue weighted by Crippen LogP contribution is -2.53. The molecule has 0 saturated carbocycles. The van der Waals surface area contributed by atoms with Crippen LogP contribution in [0.1, 0.15) is 39.5 Å². The summed E-state index contributed by atoms with van der Waals surface area (Å²) in [6.45, 7) is 6.81. The number of rotatable bonds is 7. The van der Waals surface area contributed by atoms with E-state index in [1.54, 1.807) is 0 Å². The van der Waals surface area contributed by atoms with Crippen LogP contribution in [0.5, 0.6) is 0 Å². The zero-order valence-electron chi connectivity index (χ0n) is 11.4. The lowest BCUT2D eigenvalue weighted by Gasteiger charge is -2.32. The third kappa shape index (κ3) is 5.04. The predicted molar refractivity (Wildman–Crippen MR) is 69.1 cm³/mol. The Bertz CT molecular complexity index is 281. The fourth-order valence-corrected chi connectivity index (χ4v) is 2.13. The number of piperazine rings is 1. The first-order valence-electron chi connectivity index (χ1n) is 6.82. The standard InChI is InChI=1S/C13H24N2O3/c1-3-18-12(16)7-5-4-6-9-15-10-8-14-13(17)11(15)2/h11H,3-10H2,1-2H3,(H,14,17)/t11-/m1/s1. The second-order valence-electron chi connectivity index (χ2n) is 4.62. The van der Waals surface area contributed by atoms with Crippen LogP contribution in [0.15, 0.2) is 0 Å². The van der Waals surface area contributed by atoms with E-state index in [1.807, 2.05) is 13.8 Å². The van der Waals surface area contributed by atoms with Crippen molar-refractivity contribution in [1.29, 1.82) is 0 Å². The van der Waals surface area contributed by atoms with Crippen LogP contribution < -0.4 is 5.32 Å². The zero-order chi connectivity index (χ0) is 13.4. The maximum atomic E-state index is 11.4. The molecule has 1 aliphatic rings. The van der Waals surface area contributed by atoms with Gasteiger partial charge in [0, 0.05) is 19.5 Å². The molecule has 5 heteroatoms. The van der Waals surface area contributed by atoms with Gasteiger partial charge in [-0.15, -0.1) is 0 Å². The molecule has 0 unspecified atom stereocenters. The van der Waals surface area contributed by atoms with E-state index in [4.69, 9.17) is 4.74 Å². The summed E-state index contributed by atoms with van der Waals surface area (Å²) in [5.41, 5.74) is 0. The Kier molecular flexibility index (Phi) is 6.72. The Morgan fingerprint density at radius 2 is 2.22 bits per heavy atom. The summed E-state index contributed by atoms with van der Waals surface area (Å²) in [6, 6.07) is -0.0243. The predicted octanol–water partition coefficient (Wildman–Crippen LogP) is 0.930. The highest BCUT2D eigenvalue weighted by Gasteiger charge is 2.24. The number of nitrogens with zero attached hydrogens (tertiary/aromatic N) is 1. The first-order chi connectivity index (χ1) is 8.65. The second-order valence-corrected chi connectivity index (χ2v) is 4.62. The molecule has 104 valence electrons. The van der Waals surface area contributed by atoms with E-state index >= 15 is 0 Å². The molecule has 1 rings (SSSR count). The first kappa shape index (κ1) is 15.0. The van der Waals surface area contributed by atoms with E-state index in [2.05, 4.69) is 10.2 Å². The number of hydrogen-bond donors (Lipinski definition) is 1. The topological polar surface area (TPSA) is 58.6 Å². The normalized spacial score (nSPS) is 20.6. The van der Waals surface area contributed by atoms with Crippen LogP contribution in [-0.2, 0) is 14.3 Å². The van der Waals surface area contributed by atoms with Crippen molar-refractivity contribution in [3.8, 4) is 0 Å². The summed E-state index contributed by atoms with van der Waals surface area (Å²) in [7, 11) is 0. The molecule has 1 fully saturated rings. The Morgan fingerprint density at radius 1 is 1.44 bits per heavy atom. The highest BCUT2D eigenvalue weighted by Crippen LogP contribution is 2.08. The van der Waals surface area contributed by atoms with Gasteiger partial charge in [-0.05, 0) is 33.2 Å². The monoisotopic (exact) mass is 256 g/mol. The van der Waals surface area contributed by atoms with E-state index in [9.17, 15) is 9.59 Å². The van der Waals surface area contributed by atoms with Crippen LogP contribution in [0, 0.1) is 0 Å². The van der Waals surface area contributed by atoms with Crippen LogP contribution in [-0.4, -0.2) is 49.1 Å². The number of nitrogens with one attached hydrogen (secondary N) is 1. The van der Waals surface area contributed by atoms with Crippen LogP contribution >= 0.6 is 0 Å². The molecule has 0 aliphatic carbocycles. The van der Waals surface area contributed by atoms with Crippen LogP contribution in [0.4, 0.5) is 0 Å². The number of esters is 1. The van der Waals surface area contributed by atoms with Crippen molar-refractivity contribution in [2.45, 2.75) is 45.6 Å². The molecule has 0 spiro atoms. The molecule has 1 saturated heterocycles. The first-order valence-corrected chi connectivity index (χ1v) is 6.82. The second kappa shape index (κ2) is 8.08. The average Bonchev–Trinajstić information content (AvgIpc) is 2.34. The fraction of sp³-hybridized carbons (Fsp3) is 0.846. The summed E-state index contributed by atoms with van der Waals surface area (Å²) >= 11 is 0. The number of ether oxygens (including phenoxy) is 1. The zero-order valence-corrected chi connectivity index (χ0v) is 11.4. The van der Waals surface area contributed by atoms with E-state index in [1.165, 1.54) is 0 Å². The number of carbonyl (C=O) groups is 2. The molecular formula is C13H24N2O3. The highest BCUT2D eigenvalue weighted by molar-refractivity contribution is 5.81. The molecule has 0 aromatic heterocycles. The van der Waals surface area contributed by atoms with Gasteiger partial charge in [-0.1, -0.05) is 6.42 Å². The van der Waals surface area contributed by atoms with Gasteiger partial charge >= 0.3 is 5.97 Å². The van der Waals surface area contributed by atoms with Crippen molar-refractivity contribution < 1.29 is 14.3 Å². The van der Waals surface area contributed by atoms with Crippen LogP contribution in [0.25, 0.3) is 0 Å². The van der Waals surface area contributed by atoms with Gasteiger partial charge in [-0.3, -0.25) is 14.5 Å². The van der Waals surface area contributed by atoms with Crippen LogP contribution in [0.3, 0.4) is 0 Å². The maximum absolute atomic E-state index is 11.4. The molecule has 0 bridgehead atoms. The van der Waals surface area contributed by atoms with Crippen molar-refractivity contribution in [3.63, 3.8) is 0 Å². The van der Waals surface area contributed by atoms with E-state index in [0.717, 1.165) is 38.9 Å². The molecule has 0 radical (unpaired) electrons. The Labute approximate surface area is 109 Å². The minimum atomic E-state index is -0.108. The third-order valence-corrected chi connectivity index (χ3v) is 3.26. The summed E-state index contributed by atoms with van der Waals surface area (Å²) in [6.07, 6.45) is 3.40. The molecule has 0 aromatic carbocycles. The Hall–Kier alpha value is -1.10. The van der Waals surface area contributed by atoms with Gasteiger partial charge in [0.2, 0.25) is 5.91 Å². The number of hydrogen-bond acceptors (Lipinski definition) is 4. The largest absolute Gasteiger partial charge is 0.466 e. The fourth-order valence-electron chi connectivity index (χ4n) is 2.13. The summed E-state index contributed by atoms with van der Waals surface area (Å²) in [5.74, 6) is 0.0102. The highest BCUT2D eigenvalue weighted by atomic mass is 16.5. The lowest BCUT2D eigenvalue weighted by molar-refractivity contribution is -0.143. The number of amides is 1. The van der Waals surface area contributed by atoms with Gasteiger partial charge in [-0.25, -0.2) is 0 Å². The quantitative estimate of drug-likeness (QED) is 0.544. The molecule has 1 aliphatic heterocycles. The molecule has 5 nitrogen and oxygen atoms in total. The Balaban J connectivity index is 2.07. The molecular weight excluding hydrogens is 232 g/mol. The van der Waals surface area contributed by atoms with Crippen LogP contribution in [0.2, 0.25) is 0 Å².